The molecule has 0 N–H and O–H groups in total. The van der Waals surface area contributed by atoms with Crippen LogP contribution < -0.4 is 0 Å². The Morgan fingerprint density at radius 2 is 2.31 bits per heavy atom. The smallest absolute Gasteiger partial charge is 0.274 e. The van der Waals surface area contributed by atoms with Gasteiger partial charge in [0.2, 0.25) is 0 Å². The maximum Gasteiger partial charge on any atom is 0.274 e. The number of rotatable bonds is 6. The van der Waals surface area contributed by atoms with Gasteiger partial charge in [-0.3, -0.25) is 4.79 Å². The molecular weight excluding hydrogens is 414 g/mol. The van der Waals surface area contributed by atoms with E-state index >= 15 is 0 Å². The second-order valence-corrected chi connectivity index (χ2v) is 10.8. The number of carbonyl (C=O) groups is 1. The first-order valence-electron chi connectivity index (χ1n) is 8.08. The predicted octanol–water partition coefficient (Wildman–Crippen LogP) is 3.13. The molecule has 0 saturated carbocycles. The van der Waals surface area contributed by atoms with Crippen molar-refractivity contribution in [2.24, 2.45) is 0 Å². The highest BCUT2D eigenvalue weighted by molar-refractivity contribution is 7.99. The first-order chi connectivity index (χ1) is 12.4. The van der Waals surface area contributed by atoms with Gasteiger partial charge >= 0.3 is 0 Å². The third kappa shape index (κ3) is 4.57. The van der Waals surface area contributed by atoms with E-state index in [1.807, 2.05) is 24.4 Å². The summed E-state index contributed by atoms with van der Waals surface area (Å²) in [5, 5.41) is 2.58. The van der Waals surface area contributed by atoms with Crippen LogP contribution >= 0.6 is 34.7 Å². The molecule has 0 spiro atoms. The Bertz CT molecular complexity index is 887. The van der Waals surface area contributed by atoms with Crippen molar-refractivity contribution in [3.05, 3.63) is 39.3 Å². The first-order valence-corrected chi connectivity index (χ1v) is 12.1. The highest BCUT2D eigenvalue weighted by atomic mass is 35.5. The minimum Gasteiger partial charge on any atom is -0.328 e. The van der Waals surface area contributed by atoms with Gasteiger partial charge in [-0.05, 0) is 23.6 Å². The molecule has 0 unspecified atom stereocenters. The van der Waals surface area contributed by atoms with Crippen molar-refractivity contribution in [2.45, 2.75) is 31.1 Å². The molecule has 1 fully saturated rings. The molecule has 3 rings (SSSR count). The summed E-state index contributed by atoms with van der Waals surface area (Å²) in [4.78, 5) is 24.2. The normalized spacial score (nSPS) is 18.8. The van der Waals surface area contributed by atoms with Crippen molar-refractivity contribution in [1.29, 1.82) is 0 Å². The van der Waals surface area contributed by atoms with E-state index in [1.54, 1.807) is 4.90 Å². The lowest BCUT2D eigenvalue weighted by Crippen LogP contribution is -2.41. The van der Waals surface area contributed by atoms with E-state index in [2.05, 4.69) is 9.97 Å². The first kappa shape index (κ1) is 19.6. The van der Waals surface area contributed by atoms with Gasteiger partial charge in [0.05, 0.1) is 29.3 Å². The van der Waals surface area contributed by atoms with E-state index in [0.717, 1.165) is 10.6 Å². The standard InChI is InChI=1S/C16H18ClN3O3S3/c1-2-24-16-18-8-13(17)14(19-16)15(21)20(9-12-4-3-6-25-12)11-5-7-26(22,23)10-11/h3-4,6,8,11H,2,5,7,9-10H2,1H3/t11-/m1/s1. The Hall–Kier alpha value is -1.16. The Morgan fingerprint density at radius 3 is 2.92 bits per heavy atom. The highest BCUT2D eigenvalue weighted by Gasteiger charge is 2.36. The van der Waals surface area contributed by atoms with E-state index in [1.165, 1.54) is 29.3 Å². The average molecular weight is 432 g/mol. The molecule has 3 heterocycles. The number of thioether (sulfide) groups is 1. The van der Waals surface area contributed by atoms with Crippen LogP contribution in [0.3, 0.4) is 0 Å². The van der Waals surface area contributed by atoms with Crippen LogP contribution in [0.1, 0.15) is 28.7 Å². The van der Waals surface area contributed by atoms with Gasteiger partial charge in [-0.1, -0.05) is 36.4 Å². The number of carbonyl (C=O) groups excluding carboxylic acids is 1. The minimum atomic E-state index is -3.12. The minimum absolute atomic E-state index is 0.0244. The van der Waals surface area contributed by atoms with Crippen molar-refractivity contribution in [1.82, 2.24) is 14.9 Å². The number of nitrogens with zero attached hydrogens (tertiary/aromatic N) is 3. The summed E-state index contributed by atoms with van der Waals surface area (Å²) in [6.07, 6.45) is 1.85. The molecule has 0 radical (unpaired) electrons. The summed E-state index contributed by atoms with van der Waals surface area (Å²) >= 11 is 9.13. The van der Waals surface area contributed by atoms with Crippen molar-refractivity contribution in [2.75, 3.05) is 17.3 Å². The van der Waals surface area contributed by atoms with Gasteiger partial charge in [0, 0.05) is 10.9 Å². The van der Waals surface area contributed by atoms with E-state index in [-0.39, 0.29) is 34.2 Å². The number of aromatic nitrogens is 2. The molecule has 6 nitrogen and oxygen atoms in total. The van der Waals surface area contributed by atoms with Crippen molar-refractivity contribution in [3.63, 3.8) is 0 Å². The predicted molar refractivity (Wildman–Crippen MR) is 105 cm³/mol. The Labute approximate surface area is 165 Å². The Kier molecular flexibility index (Phi) is 6.21. The monoisotopic (exact) mass is 431 g/mol. The SMILES string of the molecule is CCSc1ncc(Cl)c(C(=O)N(Cc2cccs2)[C@@H]2CCS(=O)(=O)C2)n1. The van der Waals surface area contributed by atoms with Gasteiger partial charge in [0.15, 0.2) is 20.7 Å². The topological polar surface area (TPSA) is 80.2 Å². The number of thiophene rings is 1. The molecular formula is C16H18ClN3O3S3. The summed E-state index contributed by atoms with van der Waals surface area (Å²) in [7, 11) is -3.12. The van der Waals surface area contributed by atoms with Crippen molar-refractivity contribution >= 4 is 50.4 Å². The summed E-state index contributed by atoms with van der Waals surface area (Å²) < 4.78 is 23.8. The fourth-order valence-electron chi connectivity index (χ4n) is 2.79. The summed E-state index contributed by atoms with van der Waals surface area (Å²) in [6.45, 7) is 2.31. The van der Waals surface area contributed by atoms with Gasteiger partial charge in [-0.2, -0.15) is 0 Å². The molecule has 26 heavy (non-hydrogen) atoms. The number of amides is 1. The van der Waals surface area contributed by atoms with Crippen LogP contribution in [0, 0.1) is 0 Å². The zero-order chi connectivity index (χ0) is 18.7. The lowest BCUT2D eigenvalue weighted by atomic mass is 10.2. The molecule has 2 aromatic rings. The maximum absolute atomic E-state index is 13.2. The highest BCUT2D eigenvalue weighted by Crippen LogP contribution is 2.26. The number of halogens is 1. The van der Waals surface area contributed by atoms with E-state index in [4.69, 9.17) is 11.6 Å². The largest absolute Gasteiger partial charge is 0.328 e. The lowest BCUT2D eigenvalue weighted by Gasteiger charge is -2.28. The van der Waals surface area contributed by atoms with Gasteiger partial charge in [-0.15, -0.1) is 11.3 Å². The number of hydrogen-bond donors (Lipinski definition) is 0. The van der Waals surface area contributed by atoms with Crippen LogP contribution in [0.25, 0.3) is 0 Å². The second kappa shape index (κ2) is 8.24. The molecule has 1 saturated heterocycles. The molecule has 1 atom stereocenters. The third-order valence-corrected chi connectivity index (χ3v) is 7.65. The average Bonchev–Trinajstić information content (AvgIpc) is 3.23. The van der Waals surface area contributed by atoms with Crippen LogP contribution in [0.2, 0.25) is 5.02 Å². The van der Waals surface area contributed by atoms with E-state index in [0.29, 0.717) is 18.1 Å². The number of hydrogen-bond acceptors (Lipinski definition) is 7. The fraction of sp³-hybridized carbons (Fsp3) is 0.438. The van der Waals surface area contributed by atoms with Crippen molar-refractivity contribution in [3.8, 4) is 0 Å². The summed E-state index contributed by atoms with van der Waals surface area (Å²) in [5.41, 5.74) is 0.124. The zero-order valence-electron chi connectivity index (χ0n) is 14.1. The Balaban J connectivity index is 1.93. The lowest BCUT2D eigenvalue weighted by molar-refractivity contribution is 0.0676. The third-order valence-electron chi connectivity index (χ3n) is 4.01. The summed E-state index contributed by atoms with van der Waals surface area (Å²) in [5.74, 6) is 0.490. The fourth-order valence-corrected chi connectivity index (χ4v) is 5.94. The van der Waals surface area contributed by atoms with Crippen molar-refractivity contribution < 1.29 is 13.2 Å². The maximum atomic E-state index is 13.2. The number of sulfone groups is 1. The van der Waals surface area contributed by atoms with Gasteiger partial charge in [0.25, 0.3) is 5.91 Å². The van der Waals surface area contributed by atoms with E-state index in [9.17, 15) is 13.2 Å². The van der Waals surface area contributed by atoms with Crippen LogP contribution in [-0.2, 0) is 16.4 Å². The second-order valence-electron chi connectivity index (χ2n) is 5.85. The quantitative estimate of drug-likeness (QED) is 0.516. The molecule has 0 aliphatic carbocycles. The van der Waals surface area contributed by atoms with Gasteiger partial charge in [0.1, 0.15) is 0 Å². The molecule has 140 valence electrons. The Morgan fingerprint density at radius 1 is 1.50 bits per heavy atom. The molecule has 1 amide bonds. The molecule has 0 bridgehead atoms. The van der Waals surface area contributed by atoms with Gasteiger partial charge < -0.3 is 4.90 Å². The van der Waals surface area contributed by atoms with Crippen LogP contribution in [-0.4, -0.2) is 52.5 Å². The molecule has 10 heteroatoms. The molecule has 0 aromatic carbocycles. The zero-order valence-corrected chi connectivity index (χ0v) is 17.3. The van der Waals surface area contributed by atoms with Crippen LogP contribution in [0.5, 0.6) is 0 Å². The molecule has 1 aliphatic heterocycles. The molecule has 1 aliphatic rings. The van der Waals surface area contributed by atoms with E-state index < -0.39 is 9.84 Å². The van der Waals surface area contributed by atoms with Gasteiger partial charge in [-0.25, -0.2) is 18.4 Å². The van der Waals surface area contributed by atoms with Crippen LogP contribution in [0.4, 0.5) is 0 Å². The molecule has 2 aromatic heterocycles. The summed E-state index contributed by atoms with van der Waals surface area (Å²) in [6, 6.07) is 3.46. The van der Waals surface area contributed by atoms with Crippen LogP contribution in [0.15, 0.2) is 28.9 Å².